The van der Waals surface area contributed by atoms with Crippen LogP contribution in [0.15, 0.2) is 64.8 Å². The Balaban J connectivity index is 0.856. The minimum Gasteiger partial charge on any atom is -0.506 e. The number of phenolic OH excluding ortho intramolecular Hbond substituents is 1. The molecule has 12 nitrogen and oxygen atoms in total. The number of ether oxygens (including phenoxy) is 1. The van der Waals surface area contributed by atoms with Gasteiger partial charge in [-0.1, -0.05) is 36.3 Å². The van der Waals surface area contributed by atoms with Gasteiger partial charge in [-0.05, 0) is 105 Å². The topological polar surface area (TPSA) is 166 Å². The summed E-state index contributed by atoms with van der Waals surface area (Å²) >= 11 is 1.43. The number of aryl methyl sites for hydroxylation is 1. The Kier molecular flexibility index (Phi) is 11.0. The maximum atomic E-state index is 13.5. The monoisotopic (exact) mass is 728 g/mol. The lowest BCUT2D eigenvalue weighted by atomic mass is 9.84. The summed E-state index contributed by atoms with van der Waals surface area (Å²) in [7, 11) is 2.16. The van der Waals surface area contributed by atoms with Crippen molar-refractivity contribution in [1.29, 1.82) is 0 Å². The fraction of sp³-hybridized carbons (Fsp3) is 0.487. The summed E-state index contributed by atoms with van der Waals surface area (Å²) in [6.45, 7) is 2.46. The minimum absolute atomic E-state index is 0.0383. The third-order valence-corrected chi connectivity index (χ3v) is 12.1. The molecule has 0 bridgehead atoms. The van der Waals surface area contributed by atoms with Crippen LogP contribution < -0.4 is 10.9 Å². The van der Waals surface area contributed by atoms with Crippen molar-refractivity contribution < 1.29 is 24.9 Å². The van der Waals surface area contributed by atoms with Crippen molar-refractivity contribution in [3.05, 3.63) is 86.3 Å². The van der Waals surface area contributed by atoms with Gasteiger partial charge in [0.1, 0.15) is 17.4 Å². The number of esters is 1. The number of H-pyrrole nitrogens is 1. The molecule has 0 radical (unpaired) electrons. The van der Waals surface area contributed by atoms with Crippen LogP contribution in [-0.2, 0) is 28.2 Å². The van der Waals surface area contributed by atoms with Crippen molar-refractivity contribution in [1.82, 2.24) is 30.2 Å². The molecule has 7 rings (SSSR count). The quantitative estimate of drug-likeness (QED) is 0.0970. The predicted molar refractivity (Wildman–Crippen MR) is 200 cm³/mol. The standard InChI is InChI=1S/C39H48N6O6S/c1-44(27-10-12-28(13-11-27)51-38(49)39(50,26-6-2-3-7-26)35-8-4-21-52-35)19-5-20-45-32-16-9-25(22-31(32)42-43-45)23-40-24-34(47)29-14-17-33(46)37-30(29)15-18-36(48)41-37/h4,8-9,14-18,21-22,26-28,34,40,46-47,50H,2-3,5-7,10-13,19-20,23-24H2,1H3,(H,41,48)/t27?,28?,34-,39?/m0/s1. The first kappa shape index (κ1) is 36.2. The lowest BCUT2D eigenvalue weighted by Gasteiger charge is -2.37. The van der Waals surface area contributed by atoms with Crippen LogP contribution in [0.2, 0.25) is 0 Å². The van der Waals surface area contributed by atoms with E-state index in [1.807, 2.05) is 40.4 Å². The Hall–Kier alpha value is -4.14. The second kappa shape index (κ2) is 15.8. The van der Waals surface area contributed by atoms with E-state index in [4.69, 9.17) is 4.74 Å². The molecule has 276 valence electrons. The number of nitrogens with zero attached hydrogens (tertiary/aromatic N) is 4. The number of thiophene rings is 1. The normalized spacial score (nSPS) is 20.1. The Bertz CT molecular complexity index is 2030. The van der Waals surface area contributed by atoms with E-state index in [1.54, 1.807) is 12.1 Å². The number of rotatable bonds is 14. The zero-order valence-corrected chi connectivity index (χ0v) is 30.4. The number of carbonyl (C=O) groups is 1. The van der Waals surface area contributed by atoms with Crippen LogP contribution in [-0.4, -0.2) is 78.4 Å². The molecule has 5 N–H and O–H groups in total. The minimum atomic E-state index is -1.54. The summed E-state index contributed by atoms with van der Waals surface area (Å²) < 4.78 is 7.96. The summed E-state index contributed by atoms with van der Waals surface area (Å²) in [4.78, 5) is 30.9. The van der Waals surface area contributed by atoms with E-state index < -0.39 is 17.7 Å². The van der Waals surface area contributed by atoms with E-state index in [0.29, 0.717) is 33.9 Å². The zero-order chi connectivity index (χ0) is 36.2. The van der Waals surface area contributed by atoms with Crippen LogP contribution in [0.1, 0.15) is 79.9 Å². The van der Waals surface area contributed by atoms with Gasteiger partial charge in [0.2, 0.25) is 5.56 Å². The van der Waals surface area contributed by atoms with Gasteiger partial charge in [0.05, 0.1) is 17.1 Å². The second-order valence-corrected chi connectivity index (χ2v) is 15.4. The molecule has 0 amide bonds. The van der Waals surface area contributed by atoms with E-state index in [-0.39, 0.29) is 29.9 Å². The molecule has 2 aliphatic rings. The molecular formula is C39H48N6O6S. The van der Waals surface area contributed by atoms with Crippen LogP contribution in [0.3, 0.4) is 0 Å². The van der Waals surface area contributed by atoms with Crippen molar-refractivity contribution in [3.63, 3.8) is 0 Å². The summed E-state index contributed by atoms with van der Waals surface area (Å²) in [5.74, 6) is -0.590. The van der Waals surface area contributed by atoms with Crippen molar-refractivity contribution in [2.45, 2.75) is 94.7 Å². The number of phenols is 1. The molecule has 0 spiro atoms. The molecule has 0 saturated heterocycles. The number of nitrogens with one attached hydrogen (secondary N) is 2. The summed E-state index contributed by atoms with van der Waals surface area (Å²) in [5.41, 5.74) is 1.87. The fourth-order valence-corrected chi connectivity index (χ4v) is 9.00. The van der Waals surface area contributed by atoms with Gasteiger partial charge in [-0.2, -0.15) is 0 Å². The Labute approximate surface area is 306 Å². The van der Waals surface area contributed by atoms with Crippen molar-refractivity contribution >= 4 is 39.2 Å². The third-order valence-electron chi connectivity index (χ3n) is 11.1. The SMILES string of the molecule is CN(CCCn1nnc2cc(CNC[C@H](O)c3ccc(O)c4[nH]c(=O)ccc34)ccc21)C1CCC(OC(=O)C(O)(c2cccs2)C2CCCC2)CC1. The number of carbonyl (C=O) groups excluding carboxylic acids is 1. The maximum Gasteiger partial charge on any atom is 0.344 e. The molecule has 13 heteroatoms. The van der Waals surface area contributed by atoms with Gasteiger partial charge in [0.25, 0.3) is 0 Å². The molecule has 52 heavy (non-hydrogen) atoms. The van der Waals surface area contributed by atoms with Gasteiger partial charge in [0.15, 0.2) is 5.60 Å². The van der Waals surface area contributed by atoms with Crippen LogP contribution in [0, 0.1) is 5.92 Å². The van der Waals surface area contributed by atoms with Gasteiger partial charge in [-0.25, -0.2) is 9.48 Å². The molecular weight excluding hydrogens is 681 g/mol. The highest BCUT2D eigenvalue weighted by Crippen LogP contribution is 2.44. The third kappa shape index (κ3) is 7.65. The van der Waals surface area contributed by atoms with E-state index in [0.717, 1.165) is 87.5 Å². The first-order valence-electron chi connectivity index (χ1n) is 18.4. The molecule has 2 fully saturated rings. The predicted octanol–water partition coefficient (Wildman–Crippen LogP) is 5.12. The van der Waals surface area contributed by atoms with Gasteiger partial charge < -0.3 is 35.3 Å². The highest BCUT2D eigenvalue weighted by Gasteiger charge is 2.49. The highest BCUT2D eigenvalue weighted by molar-refractivity contribution is 7.10. The average Bonchev–Trinajstić information content (AvgIpc) is 3.96. The molecule has 1 unspecified atom stereocenters. The molecule has 3 aromatic heterocycles. The largest absolute Gasteiger partial charge is 0.506 e. The number of aliphatic hydroxyl groups is 2. The maximum absolute atomic E-state index is 13.5. The van der Waals surface area contributed by atoms with E-state index in [9.17, 15) is 24.9 Å². The number of hydrogen-bond acceptors (Lipinski definition) is 11. The number of benzene rings is 2. The first-order chi connectivity index (χ1) is 25.2. The first-order valence-corrected chi connectivity index (χ1v) is 19.3. The Morgan fingerprint density at radius 1 is 1.12 bits per heavy atom. The Morgan fingerprint density at radius 3 is 2.69 bits per heavy atom. The fourth-order valence-electron chi connectivity index (χ4n) is 8.11. The molecule has 2 aromatic carbocycles. The number of aliphatic hydroxyl groups excluding tert-OH is 1. The number of aromatic amines is 1. The lowest BCUT2D eigenvalue weighted by molar-refractivity contribution is -0.180. The van der Waals surface area contributed by atoms with Crippen LogP contribution in [0.25, 0.3) is 21.9 Å². The Morgan fingerprint density at radius 2 is 1.92 bits per heavy atom. The molecule has 3 heterocycles. The van der Waals surface area contributed by atoms with Crippen LogP contribution in [0.4, 0.5) is 0 Å². The molecule has 2 aliphatic carbocycles. The summed E-state index contributed by atoms with van der Waals surface area (Å²) in [6, 6.07) is 16.4. The number of pyridine rings is 1. The van der Waals surface area contributed by atoms with Gasteiger partial charge >= 0.3 is 5.97 Å². The molecule has 0 aliphatic heterocycles. The number of fused-ring (bicyclic) bond motifs is 2. The van der Waals surface area contributed by atoms with Gasteiger partial charge in [-0.3, -0.25) is 4.79 Å². The van der Waals surface area contributed by atoms with E-state index in [1.165, 1.54) is 23.5 Å². The van der Waals surface area contributed by atoms with Gasteiger partial charge in [0, 0.05) is 47.9 Å². The average molecular weight is 729 g/mol. The van der Waals surface area contributed by atoms with Crippen LogP contribution >= 0.6 is 11.3 Å². The van der Waals surface area contributed by atoms with Gasteiger partial charge in [-0.15, -0.1) is 16.4 Å². The zero-order valence-electron chi connectivity index (χ0n) is 29.5. The molecule has 2 saturated carbocycles. The lowest BCUT2D eigenvalue weighted by Crippen LogP contribution is -2.45. The number of aromatic nitrogens is 4. The summed E-state index contributed by atoms with van der Waals surface area (Å²) in [5, 5.41) is 47.3. The summed E-state index contributed by atoms with van der Waals surface area (Å²) in [6.07, 6.45) is 7.18. The van der Waals surface area contributed by atoms with E-state index >= 15 is 0 Å². The van der Waals surface area contributed by atoms with E-state index in [2.05, 4.69) is 32.6 Å². The number of aromatic hydroxyl groups is 1. The molecule has 5 aromatic rings. The molecule has 2 atom stereocenters. The van der Waals surface area contributed by atoms with Crippen molar-refractivity contribution in [3.8, 4) is 5.75 Å². The van der Waals surface area contributed by atoms with Crippen molar-refractivity contribution in [2.24, 2.45) is 5.92 Å². The smallest absolute Gasteiger partial charge is 0.344 e. The second-order valence-electron chi connectivity index (χ2n) is 14.5. The number of hydrogen-bond donors (Lipinski definition) is 5. The highest BCUT2D eigenvalue weighted by atomic mass is 32.1. The van der Waals surface area contributed by atoms with Crippen LogP contribution in [0.5, 0.6) is 5.75 Å². The van der Waals surface area contributed by atoms with Crippen molar-refractivity contribution in [2.75, 3.05) is 20.1 Å².